The van der Waals surface area contributed by atoms with Crippen LogP contribution in [0.4, 0.5) is 8.78 Å². The molecule has 0 fully saturated rings. The van der Waals surface area contributed by atoms with E-state index in [2.05, 4.69) is 5.32 Å². The second-order valence-corrected chi connectivity index (χ2v) is 3.89. The highest BCUT2D eigenvalue weighted by Crippen LogP contribution is 2.08. The maximum atomic E-state index is 12.8. The highest BCUT2D eigenvalue weighted by Gasteiger charge is 2.04. The molecule has 0 aliphatic carbocycles. The van der Waals surface area contributed by atoms with Gasteiger partial charge in [-0.1, -0.05) is 6.07 Å². The second kappa shape index (κ2) is 6.03. The molecule has 0 heterocycles. The Morgan fingerprint density at radius 1 is 1.33 bits per heavy atom. The standard InChI is InChI=1S/C11H14ClF2N/c1-8(4-5-12)15-7-9-2-3-10(13)11(14)6-9/h2-3,6,8,15H,4-5,7H2,1H3. The van der Waals surface area contributed by atoms with Gasteiger partial charge in [0.05, 0.1) is 0 Å². The molecule has 1 atom stereocenters. The molecule has 1 aromatic carbocycles. The Labute approximate surface area is 93.4 Å². The van der Waals surface area contributed by atoms with Gasteiger partial charge in [-0.15, -0.1) is 11.6 Å². The van der Waals surface area contributed by atoms with Crippen molar-refractivity contribution in [1.29, 1.82) is 0 Å². The van der Waals surface area contributed by atoms with Crippen molar-refractivity contribution in [3.05, 3.63) is 35.4 Å². The smallest absolute Gasteiger partial charge is 0.159 e. The molecule has 1 aromatic rings. The molecule has 0 radical (unpaired) electrons. The van der Waals surface area contributed by atoms with E-state index in [9.17, 15) is 8.78 Å². The fourth-order valence-corrected chi connectivity index (χ4v) is 1.53. The van der Waals surface area contributed by atoms with Crippen LogP contribution in [-0.4, -0.2) is 11.9 Å². The molecule has 1 N–H and O–H groups in total. The quantitative estimate of drug-likeness (QED) is 0.771. The Morgan fingerprint density at radius 2 is 2.07 bits per heavy atom. The fraction of sp³-hybridized carbons (Fsp3) is 0.455. The minimum Gasteiger partial charge on any atom is -0.310 e. The van der Waals surface area contributed by atoms with E-state index in [1.807, 2.05) is 6.92 Å². The van der Waals surface area contributed by atoms with Crippen molar-refractivity contribution < 1.29 is 8.78 Å². The van der Waals surface area contributed by atoms with E-state index in [4.69, 9.17) is 11.6 Å². The summed E-state index contributed by atoms with van der Waals surface area (Å²) in [5.41, 5.74) is 0.732. The summed E-state index contributed by atoms with van der Waals surface area (Å²) in [5, 5.41) is 3.17. The van der Waals surface area contributed by atoms with Crippen molar-refractivity contribution in [1.82, 2.24) is 5.32 Å². The zero-order valence-corrected chi connectivity index (χ0v) is 9.32. The van der Waals surface area contributed by atoms with E-state index >= 15 is 0 Å². The van der Waals surface area contributed by atoms with Gasteiger partial charge in [-0.3, -0.25) is 0 Å². The average molecular weight is 234 g/mol. The first kappa shape index (κ1) is 12.4. The van der Waals surface area contributed by atoms with E-state index in [0.717, 1.165) is 18.1 Å². The summed E-state index contributed by atoms with van der Waals surface area (Å²) in [7, 11) is 0. The fourth-order valence-electron chi connectivity index (χ4n) is 1.21. The van der Waals surface area contributed by atoms with E-state index in [-0.39, 0.29) is 6.04 Å². The Kier molecular flexibility index (Phi) is 4.99. The number of hydrogen-bond donors (Lipinski definition) is 1. The van der Waals surface area contributed by atoms with Gasteiger partial charge in [0.1, 0.15) is 0 Å². The maximum Gasteiger partial charge on any atom is 0.159 e. The molecule has 4 heteroatoms. The Balaban J connectivity index is 2.47. The van der Waals surface area contributed by atoms with Crippen molar-refractivity contribution in [3.8, 4) is 0 Å². The lowest BCUT2D eigenvalue weighted by molar-refractivity contribution is 0.501. The third-order valence-corrected chi connectivity index (χ3v) is 2.40. The normalized spacial score (nSPS) is 12.8. The van der Waals surface area contributed by atoms with Gasteiger partial charge in [0.15, 0.2) is 11.6 Å². The van der Waals surface area contributed by atoms with Gasteiger partial charge in [-0.25, -0.2) is 8.78 Å². The average Bonchev–Trinajstić information content (AvgIpc) is 2.20. The Bertz CT molecular complexity index is 317. The molecule has 1 nitrogen and oxygen atoms in total. The summed E-state index contributed by atoms with van der Waals surface area (Å²) in [6, 6.07) is 4.18. The third kappa shape index (κ3) is 4.14. The molecular formula is C11H14ClF2N. The second-order valence-electron chi connectivity index (χ2n) is 3.51. The summed E-state index contributed by atoms with van der Waals surface area (Å²) in [5.74, 6) is -1.03. The summed E-state index contributed by atoms with van der Waals surface area (Å²) < 4.78 is 25.4. The summed E-state index contributed by atoms with van der Waals surface area (Å²) in [6.45, 7) is 2.53. The van der Waals surface area contributed by atoms with Crippen LogP contribution in [-0.2, 0) is 6.54 Å². The third-order valence-electron chi connectivity index (χ3n) is 2.18. The minimum absolute atomic E-state index is 0.274. The number of nitrogens with one attached hydrogen (secondary N) is 1. The van der Waals surface area contributed by atoms with Crippen LogP contribution in [0, 0.1) is 11.6 Å². The molecule has 0 bridgehead atoms. The molecular weight excluding hydrogens is 220 g/mol. The van der Waals surface area contributed by atoms with Crippen LogP contribution in [0.3, 0.4) is 0 Å². The molecule has 0 aliphatic heterocycles. The van der Waals surface area contributed by atoms with Crippen molar-refractivity contribution in [2.45, 2.75) is 25.9 Å². The number of rotatable bonds is 5. The Hall–Kier alpha value is -0.670. The van der Waals surface area contributed by atoms with Gasteiger partial charge in [-0.2, -0.15) is 0 Å². The number of benzene rings is 1. The van der Waals surface area contributed by atoms with Gasteiger partial charge in [0, 0.05) is 18.5 Å². The van der Waals surface area contributed by atoms with Crippen molar-refractivity contribution >= 4 is 11.6 Å². The highest BCUT2D eigenvalue weighted by molar-refractivity contribution is 6.17. The SMILES string of the molecule is CC(CCCl)NCc1ccc(F)c(F)c1. The molecule has 0 aromatic heterocycles. The van der Waals surface area contributed by atoms with Crippen LogP contribution in [0.2, 0.25) is 0 Å². The predicted octanol–water partition coefficient (Wildman–Crippen LogP) is 3.07. The topological polar surface area (TPSA) is 12.0 Å². The summed E-state index contributed by atoms with van der Waals surface area (Å²) in [4.78, 5) is 0. The van der Waals surface area contributed by atoms with Gasteiger partial charge in [0.25, 0.3) is 0 Å². The lowest BCUT2D eigenvalue weighted by Crippen LogP contribution is -2.25. The van der Waals surface area contributed by atoms with Crippen LogP contribution in [0.25, 0.3) is 0 Å². The summed E-state index contributed by atoms with van der Waals surface area (Å²) >= 11 is 5.57. The lowest BCUT2D eigenvalue weighted by Gasteiger charge is -2.12. The number of halogens is 3. The number of hydrogen-bond acceptors (Lipinski definition) is 1. The lowest BCUT2D eigenvalue weighted by atomic mass is 10.2. The molecule has 0 saturated carbocycles. The molecule has 15 heavy (non-hydrogen) atoms. The largest absolute Gasteiger partial charge is 0.310 e. The monoisotopic (exact) mass is 233 g/mol. The van der Waals surface area contributed by atoms with Gasteiger partial charge >= 0.3 is 0 Å². The predicted molar refractivity (Wildman–Crippen MR) is 58.0 cm³/mol. The molecule has 1 rings (SSSR count). The molecule has 84 valence electrons. The van der Waals surface area contributed by atoms with Gasteiger partial charge in [0.2, 0.25) is 0 Å². The molecule has 1 unspecified atom stereocenters. The van der Waals surface area contributed by atoms with Crippen LogP contribution >= 0.6 is 11.6 Å². The molecule has 0 saturated heterocycles. The van der Waals surface area contributed by atoms with Crippen molar-refractivity contribution in [3.63, 3.8) is 0 Å². The zero-order chi connectivity index (χ0) is 11.3. The van der Waals surface area contributed by atoms with E-state index in [0.29, 0.717) is 12.4 Å². The van der Waals surface area contributed by atoms with Crippen LogP contribution in [0.1, 0.15) is 18.9 Å². The molecule has 0 amide bonds. The molecule has 0 aliphatic rings. The van der Waals surface area contributed by atoms with Crippen LogP contribution < -0.4 is 5.32 Å². The first-order chi connectivity index (χ1) is 7.13. The number of alkyl halides is 1. The minimum atomic E-state index is -0.812. The van der Waals surface area contributed by atoms with E-state index in [1.54, 1.807) is 6.07 Å². The maximum absolute atomic E-state index is 12.8. The van der Waals surface area contributed by atoms with Crippen LogP contribution in [0.5, 0.6) is 0 Å². The summed E-state index contributed by atoms with van der Waals surface area (Å²) in [6.07, 6.45) is 0.852. The van der Waals surface area contributed by atoms with Gasteiger partial charge in [-0.05, 0) is 31.0 Å². The van der Waals surface area contributed by atoms with Crippen molar-refractivity contribution in [2.24, 2.45) is 0 Å². The first-order valence-electron chi connectivity index (χ1n) is 4.86. The van der Waals surface area contributed by atoms with E-state index < -0.39 is 11.6 Å². The highest BCUT2D eigenvalue weighted by atomic mass is 35.5. The van der Waals surface area contributed by atoms with E-state index in [1.165, 1.54) is 6.07 Å². The van der Waals surface area contributed by atoms with Gasteiger partial charge < -0.3 is 5.32 Å². The molecule has 0 spiro atoms. The Morgan fingerprint density at radius 3 is 2.67 bits per heavy atom. The van der Waals surface area contributed by atoms with Crippen LogP contribution in [0.15, 0.2) is 18.2 Å². The first-order valence-corrected chi connectivity index (χ1v) is 5.40. The van der Waals surface area contributed by atoms with Crippen molar-refractivity contribution in [2.75, 3.05) is 5.88 Å². The zero-order valence-electron chi connectivity index (χ0n) is 8.56.